The highest BCUT2D eigenvalue weighted by molar-refractivity contribution is 6.02. The molecule has 0 saturated carbocycles. The quantitative estimate of drug-likeness (QED) is 0.410. The summed E-state index contributed by atoms with van der Waals surface area (Å²) in [5.41, 5.74) is 0.464. The molecule has 0 unspecified atom stereocenters. The van der Waals surface area contributed by atoms with Crippen molar-refractivity contribution in [3.05, 3.63) is 84.4 Å². The van der Waals surface area contributed by atoms with Gasteiger partial charge >= 0.3 is 11.9 Å². The molecule has 1 heterocycles. The van der Waals surface area contributed by atoms with Crippen LogP contribution in [-0.2, 0) is 25.5 Å². The van der Waals surface area contributed by atoms with Gasteiger partial charge in [-0.2, -0.15) is 0 Å². The molecule has 1 saturated heterocycles. The van der Waals surface area contributed by atoms with Crippen LogP contribution in [0.3, 0.4) is 0 Å². The Kier molecular flexibility index (Phi) is 6.49. The summed E-state index contributed by atoms with van der Waals surface area (Å²) in [6, 6.07) is 19.0. The smallest absolute Gasteiger partial charge is 0.325 e. The average molecular weight is 393 g/mol. The lowest BCUT2D eigenvalue weighted by Gasteiger charge is -2.36. The monoisotopic (exact) mass is 393 g/mol. The van der Waals surface area contributed by atoms with E-state index in [2.05, 4.69) is 11.5 Å². The third-order valence-corrected chi connectivity index (χ3v) is 5.75. The van der Waals surface area contributed by atoms with Crippen molar-refractivity contribution in [2.45, 2.75) is 12.5 Å². The maximum absolute atomic E-state index is 13.3. The number of esters is 2. The highest BCUT2D eigenvalue weighted by Crippen LogP contribution is 2.53. The highest BCUT2D eigenvalue weighted by Gasteiger charge is 2.65. The normalized spacial score (nSPS) is 20.8. The van der Waals surface area contributed by atoms with E-state index in [1.165, 1.54) is 14.2 Å². The van der Waals surface area contributed by atoms with E-state index >= 15 is 0 Å². The molecule has 0 aliphatic carbocycles. The lowest BCUT2D eigenvalue weighted by atomic mass is 9.68. The van der Waals surface area contributed by atoms with Crippen LogP contribution in [0.4, 0.5) is 0 Å². The molecule has 2 atom stereocenters. The molecular weight excluding hydrogens is 366 g/mol. The van der Waals surface area contributed by atoms with Gasteiger partial charge in [0.05, 0.1) is 20.3 Å². The minimum absolute atomic E-state index is 0.310. The van der Waals surface area contributed by atoms with Gasteiger partial charge in [0.2, 0.25) is 0 Å². The van der Waals surface area contributed by atoms with Crippen LogP contribution < -0.4 is 0 Å². The minimum atomic E-state index is -1.47. The van der Waals surface area contributed by atoms with Crippen molar-refractivity contribution < 1.29 is 19.1 Å². The van der Waals surface area contributed by atoms with Gasteiger partial charge in [-0.25, -0.2) is 0 Å². The van der Waals surface area contributed by atoms with E-state index in [0.29, 0.717) is 19.5 Å². The van der Waals surface area contributed by atoms with Crippen molar-refractivity contribution in [1.82, 2.24) is 4.90 Å². The summed E-state index contributed by atoms with van der Waals surface area (Å²) in [6.07, 6.45) is 2.35. The molecule has 1 fully saturated rings. The number of carbonyl (C=O) groups is 2. The maximum atomic E-state index is 13.3. The molecule has 1 aliphatic heterocycles. The summed E-state index contributed by atoms with van der Waals surface area (Å²) in [4.78, 5) is 28.7. The first kappa shape index (κ1) is 20.8. The van der Waals surface area contributed by atoms with E-state index < -0.39 is 23.4 Å². The molecule has 0 aromatic heterocycles. The van der Waals surface area contributed by atoms with Gasteiger partial charge in [0.15, 0.2) is 5.41 Å². The first-order valence-corrected chi connectivity index (χ1v) is 9.70. The second-order valence-electron chi connectivity index (χ2n) is 7.29. The molecule has 0 N–H and O–H groups in total. The Bertz CT molecular complexity index is 834. The Morgan fingerprint density at radius 2 is 1.59 bits per heavy atom. The van der Waals surface area contributed by atoms with Gasteiger partial charge in [-0.15, -0.1) is 6.58 Å². The third kappa shape index (κ3) is 3.70. The fourth-order valence-electron chi connectivity index (χ4n) is 4.60. The van der Waals surface area contributed by atoms with Gasteiger partial charge in [0.25, 0.3) is 0 Å². The van der Waals surface area contributed by atoms with Crippen molar-refractivity contribution in [3.8, 4) is 0 Å². The molecule has 3 rings (SSSR count). The number of hydrogen-bond acceptors (Lipinski definition) is 5. The molecule has 2 aromatic rings. The Labute approximate surface area is 171 Å². The van der Waals surface area contributed by atoms with Crippen LogP contribution in [-0.4, -0.2) is 44.1 Å². The third-order valence-electron chi connectivity index (χ3n) is 5.75. The van der Waals surface area contributed by atoms with Crippen LogP contribution in [0.2, 0.25) is 0 Å². The highest BCUT2D eigenvalue weighted by atomic mass is 16.5. The largest absolute Gasteiger partial charge is 0.468 e. The standard InChI is InChI=1S/C24H27NO4/c1-4-15-25-17-20(16-18-11-7-5-8-12-18)24(22(26)28-2,23(27)29-3)21(25)19-13-9-6-10-14-19/h4-14,20-21H,1,15-17H2,2-3H3/t20-,21+/m0/s1. The van der Waals surface area contributed by atoms with E-state index in [1.54, 1.807) is 6.08 Å². The first-order chi connectivity index (χ1) is 14.1. The molecule has 2 aromatic carbocycles. The summed E-state index contributed by atoms with van der Waals surface area (Å²) in [7, 11) is 2.65. The van der Waals surface area contributed by atoms with E-state index in [-0.39, 0.29) is 5.92 Å². The number of nitrogens with zero attached hydrogens (tertiary/aromatic N) is 1. The molecule has 1 aliphatic rings. The first-order valence-electron chi connectivity index (χ1n) is 9.70. The van der Waals surface area contributed by atoms with E-state index in [1.807, 2.05) is 60.7 Å². The Morgan fingerprint density at radius 1 is 1.03 bits per heavy atom. The van der Waals surface area contributed by atoms with Crippen molar-refractivity contribution in [2.24, 2.45) is 11.3 Å². The molecule has 5 heteroatoms. The van der Waals surface area contributed by atoms with Crippen molar-refractivity contribution in [1.29, 1.82) is 0 Å². The second-order valence-corrected chi connectivity index (χ2v) is 7.29. The fraction of sp³-hybridized carbons (Fsp3) is 0.333. The summed E-state index contributed by atoms with van der Waals surface area (Å²) in [5, 5.41) is 0. The number of benzene rings is 2. The van der Waals surface area contributed by atoms with Crippen LogP contribution >= 0.6 is 0 Å². The lowest BCUT2D eigenvalue weighted by Crippen LogP contribution is -2.50. The zero-order valence-electron chi connectivity index (χ0n) is 16.9. The number of rotatable bonds is 7. The predicted molar refractivity (Wildman–Crippen MR) is 111 cm³/mol. The SMILES string of the molecule is C=CCN1C[C@H](Cc2ccccc2)C(C(=O)OC)(C(=O)OC)[C@H]1c1ccccc1. The number of hydrogen-bond donors (Lipinski definition) is 0. The van der Waals surface area contributed by atoms with Crippen LogP contribution in [0.25, 0.3) is 0 Å². The van der Waals surface area contributed by atoms with Crippen LogP contribution in [0.15, 0.2) is 73.3 Å². The van der Waals surface area contributed by atoms with Crippen molar-refractivity contribution in [3.63, 3.8) is 0 Å². The van der Waals surface area contributed by atoms with Crippen LogP contribution in [0.5, 0.6) is 0 Å². The van der Waals surface area contributed by atoms with Crippen LogP contribution in [0.1, 0.15) is 17.2 Å². The molecule has 0 radical (unpaired) electrons. The zero-order valence-corrected chi connectivity index (χ0v) is 16.9. The molecule has 152 valence electrons. The number of carbonyl (C=O) groups excluding carboxylic acids is 2. The Morgan fingerprint density at radius 3 is 2.10 bits per heavy atom. The second kappa shape index (κ2) is 9.05. The maximum Gasteiger partial charge on any atom is 0.325 e. The number of ether oxygens (including phenoxy) is 2. The Balaban J connectivity index is 2.19. The van der Waals surface area contributed by atoms with Crippen molar-refractivity contribution >= 4 is 11.9 Å². The predicted octanol–water partition coefficient (Wildman–Crippen LogP) is 3.42. The summed E-state index contributed by atoms with van der Waals surface area (Å²) < 4.78 is 10.4. The Hall–Kier alpha value is -2.92. The molecule has 5 nitrogen and oxygen atoms in total. The van der Waals surface area contributed by atoms with Crippen LogP contribution in [0, 0.1) is 11.3 Å². The van der Waals surface area contributed by atoms with Gasteiger partial charge in [0.1, 0.15) is 0 Å². The fourth-order valence-corrected chi connectivity index (χ4v) is 4.60. The molecule has 0 amide bonds. The summed E-state index contributed by atoms with van der Waals surface area (Å²) >= 11 is 0. The number of methoxy groups -OCH3 is 2. The van der Waals surface area contributed by atoms with Crippen molar-refractivity contribution in [2.75, 3.05) is 27.3 Å². The minimum Gasteiger partial charge on any atom is -0.468 e. The van der Waals surface area contributed by atoms with Gasteiger partial charge in [-0.05, 0) is 17.5 Å². The summed E-state index contributed by atoms with van der Waals surface area (Å²) in [6.45, 7) is 4.95. The van der Waals surface area contributed by atoms with Gasteiger partial charge in [-0.3, -0.25) is 14.5 Å². The van der Waals surface area contributed by atoms with E-state index in [0.717, 1.165) is 11.1 Å². The van der Waals surface area contributed by atoms with Gasteiger partial charge < -0.3 is 9.47 Å². The topological polar surface area (TPSA) is 55.8 Å². The molecule has 0 spiro atoms. The van der Waals surface area contributed by atoms with Gasteiger partial charge in [0, 0.05) is 19.0 Å². The molecular formula is C24H27NO4. The van der Waals surface area contributed by atoms with Gasteiger partial charge in [-0.1, -0.05) is 66.7 Å². The number of likely N-dealkylation sites (tertiary alicyclic amines) is 1. The van der Waals surface area contributed by atoms with E-state index in [9.17, 15) is 9.59 Å². The van der Waals surface area contributed by atoms with E-state index in [4.69, 9.17) is 9.47 Å². The lowest BCUT2D eigenvalue weighted by molar-refractivity contribution is -0.174. The molecule has 29 heavy (non-hydrogen) atoms. The molecule has 0 bridgehead atoms. The average Bonchev–Trinajstić information content (AvgIpc) is 3.08. The summed E-state index contributed by atoms with van der Waals surface area (Å²) in [5.74, 6) is -1.44. The zero-order chi connectivity index (χ0) is 20.9.